The predicted molar refractivity (Wildman–Crippen MR) is 114 cm³/mol. The molecule has 1 N–H and O–H groups in total. The van der Waals surface area contributed by atoms with Crippen LogP contribution in [0.2, 0.25) is 5.02 Å². The summed E-state index contributed by atoms with van der Waals surface area (Å²) in [4.78, 5) is 24.9. The van der Waals surface area contributed by atoms with Gasteiger partial charge in [-0.15, -0.1) is 0 Å². The molecule has 0 aromatic heterocycles. The number of anilines is 2. The standard InChI is InChI=1S/C20H23ClN2O5S/c1-5-28-20(25)17-7-6-8-18(13(17)2)22-19(24)14(3)23(29(4,26)27)16-11-9-15(21)10-12-16/h6-12,14H,5H2,1-4H3,(H,22,24)/t14-/m1/s1. The van der Waals surface area contributed by atoms with Crippen LogP contribution in [-0.4, -0.2) is 39.2 Å². The third-order valence-corrected chi connectivity index (χ3v) is 5.75. The lowest BCUT2D eigenvalue weighted by atomic mass is 10.1. The lowest BCUT2D eigenvalue weighted by Crippen LogP contribution is -2.45. The minimum absolute atomic E-state index is 0.232. The van der Waals surface area contributed by atoms with Crippen molar-refractivity contribution in [3.05, 3.63) is 58.6 Å². The average molecular weight is 439 g/mol. The van der Waals surface area contributed by atoms with Crippen LogP contribution in [-0.2, 0) is 19.6 Å². The number of halogens is 1. The smallest absolute Gasteiger partial charge is 0.338 e. The van der Waals surface area contributed by atoms with Crippen LogP contribution in [0.4, 0.5) is 11.4 Å². The normalized spacial score (nSPS) is 12.2. The molecule has 9 heteroatoms. The minimum Gasteiger partial charge on any atom is -0.462 e. The highest BCUT2D eigenvalue weighted by Crippen LogP contribution is 2.25. The van der Waals surface area contributed by atoms with E-state index in [1.807, 2.05) is 0 Å². The molecule has 7 nitrogen and oxygen atoms in total. The zero-order valence-corrected chi connectivity index (χ0v) is 18.2. The van der Waals surface area contributed by atoms with Gasteiger partial charge in [-0.1, -0.05) is 17.7 Å². The molecular formula is C20H23ClN2O5S. The summed E-state index contributed by atoms with van der Waals surface area (Å²) in [5, 5.41) is 3.15. The van der Waals surface area contributed by atoms with E-state index >= 15 is 0 Å². The Kier molecular flexibility index (Phi) is 7.26. The van der Waals surface area contributed by atoms with Crippen molar-refractivity contribution in [3.8, 4) is 0 Å². The summed E-state index contributed by atoms with van der Waals surface area (Å²) in [6.45, 7) is 5.10. The van der Waals surface area contributed by atoms with Crippen LogP contribution in [0.15, 0.2) is 42.5 Å². The molecule has 0 aliphatic carbocycles. The second-order valence-corrected chi connectivity index (χ2v) is 8.69. The Morgan fingerprint density at radius 1 is 1.17 bits per heavy atom. The maximum atomic E-state index is 12.8. The van der Waals surface area contributed by atoms with Crippen LogP contribution in [0, 0.1) is 6.92 Å². The van der Waals surface area contributed by atoms with Crippen molar-refractivity contribution in [2.45, 2.75) is 26.8 Å². The molecule has 0 heterocycles. The molecule has 2 aromatic carbocycles. The quantitative estimate of drug-likeness (QED) is 0.666. The summed E-state index contributed by atoms with van der Waals surface area (Å²) in [6.07, 6.45) is 1.03. The van der Waals surface area contributed by atoms with Gasteiger partial charge in [-0.2, -0.15) is 0 Å². The number of nitrogens with zero attached hydrogens (tertiary/aromatic N) is 1. The van der Waals surface area contributed by atoms with Crippen LogP contribution in [0.1, 0.15) is 29.8 Å². The third-order valence-electron chi connectivity index (χ3n) is 4.26. The van der Waals surface area contributed by atoms with E-state index in [0.29, 0.717) is 27.5 Å². The lowest BCUT2D eigenvalue weighted by molar-refractivity contribution is -0.116. The third kappa shape index (κ3) is 5.48. The van der Waals surface area contributed by atoms with Gasteiger partial charge < -0.3 is 10.1 Å². The first-order valence-electron chi connectivity index (χ1n) is 8.88. The maximum Gasteiger partial charge on any atom is 0.338 e. The van der Waals surface area contributed by atoms with Gasteiger partial charge in [0, 0.05) is 10.7 Å². The van der Waals surface area contributed by atoms with Crippen LogP contribution in [0.5, 0.6) is 0 Å². The Balaban J connectivity index is 2.32. The van der Waals surface area contributed by atoms with Gasteiger partial charge in [-0.05, 0) is 62.7 Å². The predicted octanol–water partition coefficient (Wildman–Crippen LogP) is 3.62. The summed E-state index contributed by atoms with van der Waals surface area (Å²) < 4.78 is 30.7. The number of ether oxygens (including phenoxy) is 1. The van der Waals surface area contributed by atoms with Crippen molar-refractivity contribution in [3.63, 3.8) is 0 Å². The topological polar surface area (TPSA) is 92.8 Å². The van der Waals surface area contributed by atoms with E-state index < -0.39 is 27.9 Å². The first-order chi connectivity index (χ1) is 13.6. The summed E-state index contributed by atoms with van der Waals surface area (Å²) in [7, 11) is -3.75. The molecule has 0 saturated carbocycles. The lowest BCUT2D eigenvalue weighted by Gasteiger charge is -2.28. The summed E-state index contributed by atoms with van der Waals surface area (Å²) in [5.74, 6) is -1.04. The van der Waals surface area contributed by atoms with Crippen LogP contribution < -0.4 is 9.62 Å². The Labute approximate surface area is 175 Å². The Morgan fingerprint density at radius 3 is 2.34 bits per heavy atom. The fraction of sp³-hybridized carbons (Fsp3) is 0.300. The Hall–Kier alpha value is -2.58. The van der Waals surface area contributed by atoms with Gasteiger partial charge in [0.15, 0.2) is 0 Å². The number of nitrogens with one attached hydrogen (secondary N) is 1. The molecule has 0 bridgehead atoms. The summed E-state index contributed by atoms with van der Waals surface area (Å²) >= 11 is 5.88. The van der Waals surface area contributed by atoms with Crippen molar-refractivity contribution in [2.24, 2.45) is 0 Å². The highest BCUT2D eigenvalue weighted by atomic mass is 35.5. The SMILES string of the molecule is CCOC(=O)c1cccc(NC(=O)[C@@H](C)N(c2ccc(Cl)cc2)S(C)(=O)=O)c1C. The van der Waals surface area contributed by atoms with Crippen molar-refractivity contribution in [2.75, 3.05) is 22.5 Å². The molecule has 2 rings (SSSR count). The summed E-state index contributed by atoms with van der Waals surface area (Å²) in [6, 6.07) is 9.96. The average Bonchev–Trinajstić information content (AvgIpc) is 2.64. The molecule has 0 fully saturated rings. The first-order valence-corrected chi connectivity index (χ1v) is 11.1. The van der Waals surface area contributed by atoms with Gasteiger partial charge in [0.2, 0.25) is 15.9 Å². The zero-order valence-electron chi connectivity index (χ0n) is 16.6. The van der Waals surface area contributed by atoms with E-state index in [-0.39, 0.29) is 6.61 Å². The zero-order chi connectivity index (χ0) is 21.8. The molecule has 0 radical (unpaired) electrons. The van der Waals surface area contributed by atoms with Crippen LogP contribution in [0.3, 0.4) is 0 Å². The highest BCUT2D eigenvalue weighted by molar-refractivity contribution is 7.92. The van der Waals surface area contributed by atoms with Crippen molar-refractivity contribution in [1.29, 1.82) is 0 Å². The van der Waals surface area contributed by atoms with Crippen molar-refractivity contribution in [1.82, 2.24) is 0 Å². The van der Waals surface area contributed by atoms with E-state index in [2.05, 4.69) is 5.32 Å². The van der Waals surface area contributed by atoms with Gasteiger partial charge in [0.1, 0.15) is 6.04 Å². The van der Waals surface area contributed by atoms with Gasteiger partial charge >= 0.3 is 5.97 Å². The van der Waals surface area contributed by atoms with E-state index in [1.165, 1.54) is 19.1 Å². The first kappa shape index (κ1) is 22.7. The number of rotatable bonds is 7. The molecule has 29 heavy (non-hydrogen) atoms. The fourth-order valence-corrected chi connectivity index (χ4v) is 4.14. The second kappa shape index (κ2) is 9.28. The van der Waals surface area contributed by atoms with Crippen molar-refractivity contribution >= 4 is 44.9 Å². The molecule has 1 amide bonds. The molecule has 0 saturated heterocycles. The van der Waals surface area contributed by atoms with E-state index in [9.17, 15) is 18.0 Å². The molecule has 0 aliphatic rings. The van der Waals surface area contributed by atoms with E-state index in [1.54, 1.807) is 44.2 Å². The number of hydrogen-bond acceptors (Lipinski definition) is 5. The van der Waals surface area contributed by atoms with Gasteiger partial charge in [-0.3, -0.25) is 9.10 Å². The minimum atomic E-state index is -3.75. The number of sulfonamides is 1. The highest BCUT2D eigenvalue weighted by Gasteiger charge is 2.29. The molecule has 2 aromatic rings. The second-order valence-electron chi connectivity index (χ2n) is 6.40. The molecule has 0 unspecified atom stereocenters. The number of benzene rings is 2. The van der Waals surface area contributed by atoms with Gasteiger partial charge in [0.25, 0.3) is 0 Å². The van der Waals surface area contributed by atoms with E-state index in [4.69, 9.17) is 16.3 Å². The van der Waals surface area contributed by atoms with Gasteiger partial charge in [-0.25, -0.2) is 13.2 Å². The molecular weight excluding hydrogens is 416 g/mol. The fourth-order valence-electron chi connectivity index (χ4n) is 2.84. The largest absolute Gasteiger partial charge is 0.462 e. The molecule has 156 valence electrons. The number of hydrogen-bond donors (Lipinski definition) is 1. The van der Waals surface area contributed by atoms with E-state index in [0.717, 1.165) is 10.6 Å². The molecule has 0 spiro atoms. The molecule has 1 atom stereocenters. The molecule has 0 aliphatic heterocycles. The summed E-state index contributed by atoms with van der Waals surface area (Å²) in [5.41, 5.74) is 1.58. The monoisotopic (exact) mass is 438 g/mol. The van der Waals surface area contributed by atoms with Gasteiger partial charge in [0.05, 0.1) is 24.1 Å². The number of esters is 1. The number of carbonyl (C=O) groups excluding carboxylic acids is 2. The van der Waals surface area contributed by atoms with Crippen LogP contribution >= 0.6 is 11.6 Å². The van der Waals surface area contributed by atoms with Crippen LogP contribution in [0.25, 0.3) is 0 Å². The number of carbonyl (C=O) groups is 2. The maximum absolute atomic E-state index is 12.8. The Bertz CT molecular complexity index is 1010. The Morgan fingerprint density at radius 2 is 1.79 bits per heavy atom. The number of amides is 1. The van der Waals surface area contributed by atoms with Crippen molar-refractivity contribution < 1.29 is 22.7 Å².